The van der Waals surface area contributed by atoms with E-state index in [-0.39, 0.29) is 6.04 Å². The number of morpholine rings is 1. The SMILES string of the molecule is CCNCC1CCCCN1S(=O)(=O)NN1CCOCC1. The van der Waals surface area contributed by atoms with Gasteiger partial charge in [-0.2, -0.15) is 12.7 Å². The summed E-state index contributed by atoms with van der Waals surface area (Å²) in [7, 11) is -3.45. The van der Waals surface area contributed by atoms with Gasteiger partial charge >= 0.3 is 0 Å². The summed E-state index contributed by atoms with van der Waals surface area (Å²) in [5.41, 5.74) is 0. The molecule has 2 saturated heterocycles. The summed E-state index contributed by atoms with van der Waals surface area (Å²) in [5.74, 6) is 0. The molecule has 0 aromatic carbocycles. The molecule has 2 heterocycles. The molecule has 2 fully saturated rings. The number of ether oxygens (including phenoxy) is 1. The fraction of sp³-hybridized carbons (Fsp3) is 1.00. The predicted octanol–water partition coefficient (Wildman–Crippen LogP) is -0.468. The molecule has 2 rings (SSSR count). The molecular weight excluding hydrogens is 280 g/mol. The minimum absolute atomic E-state index is 0.0576. The molecule has 0 amide bonds. The lowest BCUT2D eigenvalue weighted by molar-refractivity contribution is 0.0256. The zero-order chi connectivity index (χ0) is 14.4. The van der Waals surface area contributed by atoms with Gasteiger partial charge in [-0.1, -0.05) is 13.3 Å². The van der Waals surface area contributed by atoms with Gasteiger partial charge in [0.25, 0.3) is 10.2 Å². The van der Waals surface area contributed by atoms with Crippen molar-refractivity contribution in [2.45, 2.75) is 32.2 Å². The summed E-state index contributed by atoms with van der Waals surface area (Å²) >= 11 is 0. The molecule has 2 aliphatic heterocycles. The summed E-state index contributed by atoms with van der Waals surface area (Å²) in [6, 6.07) is 0.0576. The molecule has 7 nitrogen and oxygen atoms in total. The summed E-state index contributed by atoms with van der Waals surface area (Å²) in [4.78, 5) is 2.70. The second-order valence-electron chi connectivity index (χ2n) is 5.26. The molecule has 2 aliphatic rings. The first-order valence-corrected chi connectivity index (χ1v) is 8.90. The molecule has 1 atom stereocenters. The van der Waals surface area contributed by atoms with Gasteiger partial charge < -0.3 is 10.1 Å². The first-order valence-electron chi connectivity index (χ1n) is 7.46. The standard InChI is InChI=1S/C12H26N4O3S/c1-2-13-11-12-5-3-4-6-16(12)20(17,18)14-15-7-9-19-10-8-15/h12-14H,2-11H2,1H3. The summed E-state index contributed by atoms with van der Waals surface area (Å²) in [6.45, 7) is 6.58. The van der Waals surface area contributed by atoms with Gasteiger partial charge in [-0.05, 0) is 19.4 Å². The lowest BCUT2D eigenvalue weighted by atomic mass is 10.1. The van der Waals surface area contributed by atoms with Crippen LogP contribution in [0, 0.1) is 0 Å². The van der Waals surface area contributed by atoms with Gasteiger partial charge in [-0.15, -0.1) is 4.83 Å². The van der Waals surface area contributed by atoms with Crippen LogP contribution in [0.1, 0.15) is 26.2 Å². The van der Waals surface area contributed by atoms with E-state index in [1.807, 2.05) is 6.92 Å². The Morgan fingerprint density at radius 1 is 1.20 bits per heavy atom. The van der Waals surface area contributed by atoms with Crippen LogP contribution in [0.15, 0.2) is 0 Å². The number of piperidine rings is 1. The van der Waals surface area contributed by atoms with Crippen molar-refractivity contribution in [3.63, 3.8) is 0 Å². The van der Waals surface area contributed by atoms with Gasteiger partial charge in [-0.25, -0.2) is 5.01 Å². The Morgan fingerprint density at radius 3 is 2.65 bits per heavy atom. The third-order valence-corrected chi connectivity index (χ3v) is 5.35. The van der Waals surface area contributed by atoms with E-state index in [0.717, 1.165) is 32.4 Å². The van der Waals surface area contributed by atoms with E-state index < -0.39 is 10.2 Å². The van der Waals surface area contributed by atoms with Crippen molar-refractivity contribution >= 4 is 10.2 Å². The summed E-state index contributed by atoms with van der Waals surface area (Å²) < 4.78 is 31.9. The van der Waals surface area contributed by atoms with Crippen LogP contribution >= 0.6 is 0 Å². The van der Waals surface area contributed by atoms with Crippen molar-refractivity contribution in [2.75, 3.05) is 45.9 Å². The fourth-order valence-corrected chi connectivity index (χ4v) is 4.23. The smallest absolute Gasteiger partial charge is 0.292 e. The van der Waals surface area contributed by atoms with Crippen molar-refractivity contribution in [1.29, 1.82) is 0 Å². The third kappa shape index (κ3) is 4.37. The topological polar surface area (TPSA) is 73.9 Å². The van der Waals surface area contributed by atoms with Crippen LogP contribution < -0.4 is 10.1 Å². The number of rotatable bonds is 6. The molecule has 0 radical (unpaired) electrons. The lowest BCUT2D eigenvalue weighted by Crippen LogP contribution is -2.57. The van der Waals surface area contributed by atoms with E-state index >= 15 is 0 Å². The van der Waals surface area contributed by atoms with Crippen molar-refractivity contribution in [3.8, 4) is 0 Å². The van der Waals surface area contributed by atoms with Gasteiger partial charge in [0.05, 0.1) is 13.2 Å². The monoisotopic (exact) mass is 306 g/mol. The molecule has 1 unspecified atom stereocenters. The maximum absolute atomic E-state index is 12.5. The molecule has 0 spiro atoms. The van der Waals surface area contributed by atoms with Crippen LogP contribution in [0.3, 0.4) is 0 Å². The molecule has 0 aromatic rings. The summed E-state index contributed by atoms with van der Waals surface area (Å²) in [5, 5.41) is 4.99. The normalized spacial score (nSPS) is 26.8. The predicted molar refractivity (Wildman–Crippen MR) is 77.3 cm³/mol. The second-order valence-corrected chi connectivity index (χ2v) is 6.87. The minimum Gasteiger partial charge on any atom is -0.379 e. The maximum Gasteiger partial charge on any atom is 0.292 e. The van der Waals surface area contributed by atoms with Gasteiger partial charge in [0.15, 0.2) is 0 Å². The largest absolute Gasteiger partial charge is 0.379 e. The van der Waals surface area contributed by atoms with E-state index in [2.05, 4.69) is 10.1 Å². The number of nitrogens with one attached hydrogen (secondary N) is 2. The minimum atomic E-state index is -3.45. The van der Waals surface area contributed by atoms with E-state index in [0.29, 0.717) is 32.8 Å². The van der Waals surface area contributed by atoms with Crippen LogP contribution in [0.4, 0.5) is 0 Å². The van der Waals surface area contributed by atoms with E-state index in [9.17, 15) is 8.42 Å². The first-order chi connectivity index (χ1) is 9.63. The Bertz CT molecular complexity index is 384. The quantitative estimate of drug-likeness (QED) is 0.694. The third-order valence-electron chi connectivity index (χ3n) is 3.77. The van der Waals surface area contributed by atoms with Gasteiger partial charge in [0.2, 0.25) is 0 Å². The van der Waals surface area contributed by atoms with E-state index in [1.165, 1.54) is 0 Å². The average molecular weight is 306 g/mol. The number of hydrogen-bond donors (Lipinski definition) is 2. The molecule has 0 bridgehead atoms. The number of hydrogen-bond acceptors (Lipinski definition) is 5. The van der Waals surface area contributed by atoms with Crippen LogP contribution in [-0.4, -0.2) is 69.7 Å². The fourth-order valence-electron chi connectivity index (χ4n) is 2.68. The molecule has 20 heavy (non-hydrogen) atoms. The Morgan fingerprint density at radius 2 is 1.95 bits per heavy atom. The van der Waals surface area contributed by atoms with Crippen LogP contribution in [0.25, 0.3) is 0 Å². The molecule has 0 aliphatic carbocycles. The van der Waals surface area contributed by atoms with Crippen molar-refractivity contribution in [1.82, 2.24) is 19.5 Å². The van der Waals surface area contributed by atoms with Crippen molar-refractivity contribution in [2.24, 2.45) is 0 Å². The molecule has 0 saturated carbocycles. The van der Waals surface area contributed by atoms with Crippen molar-refractivity contribution in [3.05, 3.63) is 0 Å². The zero-order valence-electron chi connectivity index (χ0n) is 12.2. The second kappa shape index (κ2) is 7.67. The molecule has 2 N–H and O–H groups in total. The first kappa shape index (κ1) is 16.1. The highest BCUT2D eigenvalue weighted by molar-refractivity contribution is 7.87. The molecular formula is C12H26N4O3S. The summed E-state index contributed by atoms with van der Waals surface area (Å²) in [6.07, 6.45) is 2.96. The highest BCUT2D eigenvalue weighted by Crippen LogP contribution is 2.19. The van der Waals surface area contributed by atoms with E-state index in [4.69, 9.17) is 4.74 Å². The molecule has 0 aromatic heterocycles. The number of nitrogens with zero attached hydrogens (tertiary/aromatic N) is 2. The highest BCUT2D eigenvalue weighted by atomic mass is 32.2. The zero-order valence-corrected chi connectivity index (χ0v) is 13.0. The Hall–Kier alpha value is -0.250. The van der Waals surface area contributed by atoms with Gasteiger partial charge in [-0.3, -0.25) is 0 Å². The Balaban J connectivity index is 1.97. The van der Waals surface area contributed by atoms with Crippen LogP contribution in [-0.2, 0) is 14.9 Å². The molecule has 8 heteroatoms. The Kier molecular flexibility index (Phi) is 6.19. The highest BCUT2D eigenvalue weighted by Gasteiger charge is 2.33. The number of likely N-dealkylation sites (N-methyl/N-ethyl adjacent to an activating group) is 1. The van der Waals surface area contributed by atoms with Gasteiger partial charge in [0.1, 0.15) is 0 Å². The number of hydrazine groups is 1. The van der Waals surface area contributed by atoms with E-state index in [1.54, 1.807) is 9.31 Å². The molecule has 118 valence electrons. The average Bonchev–Trinajstić information content (AvgIpc) is 2.46. The maximum atomic E-state index is 12.5. The van der Waals surface area contributed by atoms with Gasteiger partial charge in [0, 0.05) is 32.2 Å². The lowest BCUT2D eigenvalue weighted by Gasteiger charge is -2.37. The Labute approximate surface area is 121 Å². The van der Waals surface area contributed by atoms with Crippen LogP contribution in [0.5, 0.6) is 0 Å². The van der Waals surface area contributed by atoms with Crippen LogP contribution in [0.2, 0.25) is 0 Å². The van der Waals surface area contributed by atoms with Crippen molar-refractivity contribution < 1.29 is 13.2 Å².